The second-order valence-corrected chi connectivity index (χ2v) is 5.77. The maximum atomic E-state index is 12.5. The minimum atomic E-state index is -0.526. The fourth-order valence-corrected chi connectivity index (χ4v) is 3.18. The van der Waals surface area contributed by atoms with Gasteiger partial charge in [0, 0.05) is 17.5 Å². The van der Waals surface area contributed by atoms with Crippen molar-refractivity contribution in [1.29, 1.82) is 0 Å². The van der Waals surface area contributed by atoms with Crippen LogP contribution in [0.15, 0.2) is 11.4 Å². The molecule has 1 aliphatic carbocycles. The van der Waals surface area contributed by atoms with E-state index in [0.29, 0.717) is 0 Å². The fourth-order valence-electron chi connectivity index (χ4n) is 2.48. The zero-order valence-electron chi connectivity index (χ0n) is 11.6. The molecule has 0 unspecified atom stereocenters. The Labute approximate surface area is 125 Å². The monoisotopic (exact) mass is 312 g/mol. The molecule has 1 fully saturated rings. The van der Waals surface area contributed by atoms with E-state index in [9.17, 15) is 19.7 Å². The number of nitro groups is 1. The van der Waals surface area contributed by atoms with Crippen molar-refractivity contribution in [3.05, 3.63) is 27.1 Å². The highest BCUT2D eigenvalue weighted by Crippen LogP contribution is 2.28. The van der Waals surface area contributed by atoms with Crippen LogP contribution >= 0.6 is 11.3 Å². The van der Waals surface area contributed by atoms with Crippen molar-refractivity contribution < 1.29 is 19.2 Å². The number of carbonyl (C=O) groups is 2. The highest BCUT2D eigenvalue weighted by atomic mass is 32.1. The van der Waals surface area contributed by atoms with Crippen LogP contribution in [0.1, 0.15) is 36.0 Å². The molecule has 114 valence electrons. The molecule has 21 heavy (non-hydrogen) atoms. The molecule has 0 aliphatic heterocycles. The summed E-state index contributed by atoms with van der Waals surface area (Å²) in [6.45, 7) is -0.121. The summed E-state index contributed by atoms with van der Waals surface area (Å²) in [5.74, 6) is -0.836. The van der Waals surface area contributed by atoms with Crippen LogP contribution in [-0.4, -0.2) is 41.4 Å². The van der Waals surface area contributed by atoms with Crippen LogP contribution in [0.5, 0.6) is 0 Å². The third-order valence-electron chi connectivity index (χ3n) is 3.57. The molecule has 1 aromatic rings. The minimum absolute atomic E-state index is 0.00411. The first-order valence-corrected chi connectivity index (χ1v) is 7.51. The lowest BCUT2D eigenvalue weighted by atomic mass is 10.1. The van der Waals surface area contributed by atoms with Gasteiger partial charge in [0.1, 0.15) is 6.54 Å². The van der Waals surface area contributed by atoms with Gasteiger partial charge in [-0.2, -0.15) is 0 Å². The van der Waals surface area contributed by atoms with Gasteiger partial charge in [0.15, 0.2) is 0 Å². The maximum Gasteiger partial charge on any atom is 0.325 e. The van der Waals surface area contributed by atoms with Gasteiger partial charge in [0.25, 0.3) is 5.91 Å². The Morgan fingerprint density at radius 1 is 1.48 bits per heavy atom. The quantitative estimate of drug-likeness (QED) is 0.472. The molecule has 7 nitrogen and oxygen atoms in total. The number of hydrogen-bond donors (Lipinski definition) is 0. The SMILES string of the molecule is COC(=O)CN(C(=O)c1csc([N+](=O)[O-])c1)C1CCCC1. The molecule has 2 rings (SSSR count). The Morgan fingerprint density at radius 2 is 2.14 bits per heavy atom. The molecule has 0 atom stereocenters. The van der Waals surface area contributed by atoms with Crippen molar-refractivity contribution in [3.63, 3.8) is 0 Å². The number of rotatable bonds is 5. The number of nitrogens with zero attached hydrogens (tertiary/aromatic N) is 2. The van der Waals surface area contributed by atoms with Crippen molar-refractivity contribution >= 4 is 28.2 Å². The van der Waals surface area contributed by atoms with Gasteiger partial charge >= 0.3 is 11.0 Å². The largest absolute Gasteiger partial charge is 0.468 e. The van der Waals surface area contributed by atoms with Gasteiger partial charge in [-0.15, -0.1) is 0 Å². The highest BCUT2D eigenvalue weighted by molar-refractivity contribution is 7.13. The van der Waals surface area contributed by atoms with E-state index in [4.69, 9.17) is 0 Å². The normalized spacial score (nSPS) is 14.9. The van der Waals surface area contributed by atoms with E-state index in [0.717, 1.165) is 37.0 Å². The Kier molecular flexibility index (Phi) is 4.89. The van der Waals surface area contributed by atoms with Gasteiger partial charge in [-0.05, 0) is 12.8 Å². The predicted octanol–water partition coefficient (Wildman–Crippen LogP) is 2.21. The summed E-state index contributed by atoms with van der Waals surface area (Å²) in [6.07, 6.45) is 3.71. The number of hydrogen-bond acceptors (Lipinski definition) is 6. The average Bonchev–Trinajstić information content (AvgIpc) is 3.14. The minimum Gasteiger partial charge on any atom is -0.468 e. The molecule has 1 aromatic heterocycles. The number of thiophene rings is 1. The number of methoxy groups -OCH3 is 1. The van der Waals surface area contributed by atoms with Crippen molar-refractivity contribution in [2.75, 3.05) is 13.7 Å². The molecule has 1 amide bonds. The van der Waals surface area contributed by atoms with E-state index in [2.05, 4.69) is 4.74 Å². The number of carbonyl (C=O) groups excluding carboxylic acids is 2. The summed E-state index contributed by atoms with van der Waals surface area (Å²) in [5, 5.41) is 12.1. The smallest absolute Gasteiger partial charge is 0.325 e. The second kappa shape index (κ2) is 6.66. The van der Waals surface area contributed by atoms with E-state index >= 15 is 0 Å². The first kappa shape index (κ1) is 15.4. The Morgan fingerprint density at radius 3 is 2.67 bits per heavy atom. The van der Waals surface area contributed by atoms with Gasteiger partial charge < -0.3 is 9.64 Å². The molecule has 1 aliphatic rings. The van der Waals surface area contributed by atoms with Crippen molar-refractivity contribution in [2.24, 2.45) is 0 Å². The third kappa shape index (κ3) is 3.57. The van der Waals surface area contributed by atoms with E-state index < -0.39 is 10.9 Å². The van der Waals surface area contributed by atoms with Gasteiger partial charge in [-0.3, -0.25) is 19.7 Å². The number of esters is 1. The van der Waals surface area contributed by atoms with Crippen LogP contribution < -0.4 is 0 Å². The molecule has 1 heterocycles. The molecule has 0 saturated heterocycles. The van der Waals surface area contributed by atoms with E-state index in [1.807, 2.05) is 0 Å². The van der Waals surface area contributed by atoms with Gasteiger partial charge in [0.2, 0.25) is 0 Å². The first-order valence-electron chi connectivity index (χ1n) is 6.63. The average molecular weight is 312 g/mol. The lowest BCUT2D eigenvalue weighted by Gasteiger charge is -2.27. The Balaban J connectivity index is 2.19. The molecular formula is C13H16N2O5S. The van der Waals surface area contributed by atoms with Crippen molar-refractivity contribution in [1.82, 2.24) is 4.90 Å². The second-order valence-electron chi connectivity index (χ2n) is 4.88. The van der Waals surface area contributed by atoms with Crippen molar-refractivity contribution in [2.45, 2.75) is 31.7 Å². The summed E-state index contributed by atoms with van der Waals surface area (Å²) in [4.78, 5) is 35.7. The lowest BCUT2D eigenvalue weighted by molar-refractivity contribution is -0.380. The standard InChI is InChI=1S/C13H16N2O5S/c1-20-12(16)7-14(10-4-2-3-5-10)13(17)9-6-11(15(18)19)21-8-9/h6,8,10H,2-5,7H2,1H3. The van der Waals surface area contributed by atoms with E-state index in [-0.39, 0.29) is 29.1 Å². The molecule has 1 saturated carbocycles. The zero-order valence-corrected chi connectivity index (χ0v) is 12.4. The van der Waals surface area contributed by atoms with Crippen LogP contribution in [0.2, 0.25) is 0 Å². The summed E-state index contributed by atoms with van der Waals surface area (Å²) < 4.78 is 4.63. The van der Waals surface area contributed by atoms with Crippen LogP contribution in [0.25, 0.3) is 0 Å². The Bertz CT molecular complexity index is 551. The zero-order chi connectivity index (χ0) is 15.4. The Hall–Kier alpha value is -1.96. The molecule has 0 aromatic carbocycles. The van der Waals surface area contributed by atoms with E-state index in [1.165, 1.54) is 23.5 Å². The third-order valence-corrected chi connectivity index (χ3v) is 4.45. The highest BCUT2D eigenvalue weighted by Gasteiger charge is 2.30. The van der Waals surface area contributed by atoms with Gasteiger partial charge in [-0.25, -0.2) is 0 Å². The topological polar surface area (TPSA) is 89.8 Å². The fraction of sp³-hybridized carbons (Fsp3) is 0.538. The van der Waals surface area contributed by atoms with Crippen LogP contribution in [0.3, 0.4) is 0 Å². The predicted molar refractivity (Wildman–Crippen MR) is 76.3 cm³/mol. The number of amides is 1. The molecular weight excluding hydrogens is 296 g/mol. The molecule has 8 heteroatoms. The van der Waals surface area contributed by atoms with Crippen LogP contribution in [0.4, 0.5) is 5.00 Å². The van der Waals surface area contributed by atoms with Crippen LogP contribution in [0, 0.1) is 10.1 Å². The maximum absolute atomic E-state index is 12.5. The summed E-state index contributed by atoms with van der Waals surface area (Å²) >= 11 is 0.908. The molecule has 0 N–H and O–H groups in total. The summed E-state index contributed by atoms with van der Waals surface area (Å²) in [5.41, 5.74) is 0.252. The molecule has 0 spiro atoms. The van der Waals surface area contributed by atoms with Gasteiger partial charge in [-0.1, -0.05) is 24.2 Å². The summed E-state index contributed by atoms with van der Waals surface area (Å²) in [7, 11) is 1.27. The van der Waals surface area contributed by atoms with Crippen molar-refractivity contribution in [3.8, 4) is 0 Å². The van der Waals surface area contributed by atoms with Gasteiger partial charge in [0.05, 0.1) is 17.6 Å². The lowest BCUT2D eigenvalue weighted by Crippen LogP contribution is -2.42. The van der Waals surface area contributed by atoms with Crippen LogP contribution in [-0.2, 0) is 9.53 Å². The number of ether oxygens (including phenoxy) is 1. The molecule has 0 bridgehead atoms. The summed E-state index contributed by atoms with van der Waals surface area (Å²) in [6, 6.07) is 1.25. The first-order chi connectivity index (χ1) is 10.0. The van der Waals surface area contributed by atoms with E-state index in [1.54, 1.807) is 0 Å². The molecule has 0 radical (unpaired) electrons.